The number of carboxylic acids is 1. The van der Waals surface area contributed by atoms with Crippen molar-refractivity contribution in [2.45, 2.75) is 44.8 Å². The van der Waals surface area contributed by atoms with Crippen molar-refractivity contribution in [1.82, 2.24) is 15.6 Å². The first-order chi connectivity index (χ1) is 16.2. The summed E-state index contributed by atoms with van der Waals surface area (Å²) in [5.74, 6) is -2.47. The van der Waals surface area contributed by atoms with E-state index in [4.69, 9.17) is 5.73 Å². The molecule has 0 saturated heterocycles. The lowest BCUT2D eigenvalue weighted by molar-refractivity contribution is -0.142. The number of carbonyl (C=O) groups excluding carboxylic acids is 2. The zero-order valence-corrected chi connectivity index (χ0v) is 19.1. The summed E-state index contributed by atoms with van der Waals surface area (Å²) in [6, 6.07) is 10.8. The van der Waals surface area contributed by atoms with Gasteiger partial charge in [-0.25, -0.2) is 4.79 Å². The van der Waals surface area contributed by atoms with Crippen molar-refractivity contribution >= 4 is 28.7 Å². The van der Waals surface area contributed by atoms with E-state index in [-0.39, 0.29) is 24.5 Å². The summed E-state index contributed by atoms with van der Waals surface area (Å²) in [5, 5.41) is 25.2. The first-order valence-electron chi connectivity index (χ1n) is 11.1. The average Bonchev–Trinajstić information content (AvgIpc) is 3.20. The zero-order valence-electron chi connectivity index (χ0n) is 19.1. The Labute approximate surface area is 197 Å². The molecule has 2 amide bonds. The number of para-hydroxylation sites is 1. The molecule has 1 aromatic heterocycles. The number of fused-ring (bicyclic) bond motifs is 1. The van der Waals surface area contributed by atoms with E-state index in [2.05, 4.69) is 15.6 Å². The van der Waals surface area contributed by atoms with Crippen LogP contribution < -0.4 is 16.4 Å². The number of phenolic OH excluding ortho intramolecular Hbond substituents is 1. The van der Waals surface area contributed by atoms with Gasteiger partial charge in [0.2, 0.25) is 11.8 Å². The number of aromatic nitrogens is 1. The van der Waals surface area contributed by atoms with Gasteiger partial charge < -0.3 is 31.6 Å². The van der Waals surface area contributed by atoms with Crippen molar-refractivity contribution in [3.05, 3.63) is 65.9 Å². The zero-order chi connectivity index (χ0) is 24.8. The molecular weight excluding hydrogens is 436 g/mol. The summed E-state index contributed by atoms with van der Waals surface area (Å²) in [6.07, 6.45) is 2.04. The summed E-state index contributed by atoms with van der Waals surface area (Å²) in [7, 11) is 0. The minimum atomic E-state index is -1.17. The van der Waals surface area contributed by atoms with Crippen LogP contribution in [-0.2, 0) is 27.2 Å². The van der Waals surface area contributed by atoms with Crippen LogP contribution in [0.3, 0.4) is 0 Å². The van der Waals surface area contributed by atoms with Gasteiger partial charge in [0.25, 0.3) is 0 Å². The third-order valence-electron chi connectivity index (χ3n) is 5.69. The predicted molar refractivity (Wildman–Crippen MR) is 128 cm³/mol. The Balaban J connectivity index is 1.66. The second-order valence-corrected chi connectivity index (χ2v) is 8.67. The number of carboxylic acid groups (broad SMARTS) is 1. The Bertz CT molecular complexity index is 1160. The molecule has 0 aliphatic carbocycles. The SMILES string of the molecule is CC(C)[C@H](NC(=O)[C@@H](N)Cc1ccc(O)cc1)C(=O)N[C@@H](Cc1c[nH]c2ccccc12)C(=O)O. The molecule has 3 rings (SSSR count). The minimum Gasteiger partial charge on any atom is -0.508 e. The van der Waals surface area contributed by atoms with Gasteiger partial charge in [-0.3, -0.25) is 9.59 Å². The maximum absolute atomic E-state index is 13.0. The third kappa shape index (κ3) is 6.14. The molecule has 180 valence electrons. The quantitative estimate of drug-likeness (QED) is 0.267. The number of phenols is 1. The largest absolute Gasteiger partial charge is 0.508 e. The van der Waals surface area contributed by atoms with Crippen molar-refractivity contribution in [2.24, 2.45) is 11.7 Å². The van der Waals surface area contributed by atoms with Gasteiger partial charge in [0.05, 0.1) is 6.04 Å². The topological polar surface area (TPSA) is 158 Å². The van der Waals surface area contributed by atoms with Gasteiger partial charge in [-0.2, -0.15) is 0 Å². The van der Waals surface area contributed by atoms with Crippen molar-refractivity contribution < 1.29 is 24.6 Å². The molecule has 2 aromatic carbocycles. The molecule has 7 N–H and O–H groups in total. The summed E-state index contributed by atoms with van der Waals surface area (Å²) < 4.78 is 0. The molecule has 0 saturated carbocycles. The van der Waals surface area contributed by atoms with E-state index in [1.807, 2.05) is 24.3 Å². The van der Waals surface area contributed by atoms with Crippen molar-refractivity contribution in [3.63, 3.8) is 0 Å². The highest BCUT2D eigenvalue weighted by Gasteiger charge is 2.30. The Hall–Kier alpha value is -3.85. The average molecular weight is 467 g/mol. The number of nitrogens with two attached hydrogens (primary N) is 1. The molecule has 0 radical (unpaired) electrons. The van der Waals surface area contributed by atoms with Gasteiger partial charge in [-0.15, -0.1) is 0 Å². The molecule has 34 heavy (non-hydrogen) atoms. The second kappa shape index (κ2) is 10.8. The van der Waals surface area contributed by atoms with Gasteiger partial charge in [-0.1, -0.05) is 44.2 Å². The first kappa shape index (κ1) is 24.8. The number of hydrogen-bond donors (Lipinski definition) is 6. The number of amides is 2. The fourth-order valence-corrected chi connectivity index (χ4v) is 3.76. The van der Waals surface area contributed by atoms with Crippen molar-refractivity contribution in [3.8, 4) is 5.75 Å². The third-order valence-corrected chi connectivity index (χ3v) is 5.69. The highest BCUT2D eigenvalue weighted by molar-refractivity contribution is 5.92. The first-order valence-corrected chi connectivity index (χ1v) is 11.1. The van der Waals surface area contributed by atoms with Gasteiger partial charge in [-0.05, 0) is 41.7 Å². The summed E-state index contributed by atoms with van der Waals surface area (Å²) in [6.45, 7) is 3.51. The van der Waals surface area contributed by atoms with E-state index < -0.39 is 35.9 Å². The van der Waals surface area contributed by atoms with Crippen LogP contribution in [-0.4, -0.2) is 51.1 Å². The second-order valence-electron chi connectivity index (χ2n) is 8.67. The lowest BCUT2D eigenvalue weighted by Crippen LogP contribution is -2.56. The van der Waals surface area contributed by atoms with Crippen LogP contribution in [0, 0.1) is 5.92 Å². The molecule has 0 aliphatic rings. The van der Waals surface area contributed by atoms with E-state index in [1.54, 1.807) is 32.2 Å². The molecule has 3 atom stereocenters. The molecule has 1 heterocycles. The molecule has 0 aliphatic heterocycles. The summed E-state index contributed by atoms with van der Waals surface area (Å²) >= 11 is 0. The lowest BCUT2D eigenvalue weighted by atomic mass is 10.00. The highest BCUT2D eigenvalue weighted by Crippen LogP contribution is 2.19. The van der Waals surface area contributed by atoms with Gasteiger partial charge in [0, 0.05) is 23.5 Å². The van der Waals surface area contributed by atoms with Gasteiger partial charge in [0.15, 0.2) is 0 Å². The molecule has 9 nitrogen and oxygen atoms in total. The van der Waals surface area contributed by atoms with Crippen LogP contribution in [0.2, 0.25) is 0 Å². The Morgan fingerprint density at radius 2 is 1.65 bits per heavy atom. The van der Waals surface area contributed by atoms with E-state index in [9.17, 15) is 24.6 Å². The predicted octanol–water partition coefficient (Wildman–Crippen LogP) is 1.70. The monoisotopic (exact) mass is 466 g/mol. The Morgan fingerprint density at radius 3 is 2.29 bits per heavy atom. The number of aromatic amines is 1. The van der Waals surface area contributed by atoms with Crippen LogP contribution in [0.25, 0.3) is 10.9 Å². The number of hydrogen-bond acceptors (Lipinski definition) is 5. The fourth-order valence-electron chi connectivity index (χ4n) is 3.76. The maximum atomic E-state index is 13.0. The van der Waals surface area contributed by atoms with Crippen LogP contribution in [0.1, 0.15) is 25.0 Å². The number of rotatable bonds is 10. The smallest absolute Gasteiger partial charge is 0.326 e. The van der Waals surface area contributed by atoms with Crippen molar-refractivity contribution in [1.29, 1.82) is 0 Å². The molecule has 3 aromatic rings. The van der Waals surface area contributed by atoms with Crippen LogP contribution in [0.4, 0.5) is 0 Å². The standard InChI is InChI=1S/C25H30N4O5/c1-14(2)22(29-23(31)19(26)11-15-7-9-17(30)10-8-15)24(32)28-21(25(33)34)12-16-13-27-20-6-4-3-5-18(16)20/h3-10,13-14,19,21-22,27,30H,11-12,26H2,1-2H3,(H,28,32)(H,29,31)(H,33,34)/t19-,21-,22-/m0/s1. The normalized spacial score (nSPS) is 13.9. The summed E-state index contributed by atoms with van der Waals surface area (Å²) in [4.78, 5) is 40.6. The molecule has 0 bridgehead atoms. The van der Waals surface area contributed by atoms with E-state index >= 15 is 0 Å². The van der Waals surface area contributed by atoms with E-state index in [1.165, 1.54) is 12.1 Å². The number of aliphatic carboxylic acids is 1. The van der Waals surface area contributed by atoms with E-state index in [0.717, 1.165) is 22.0 Å². The fraction of sp³-hybridized carbons (Fsp3) is 0.320. The van der Waals surface area contributed by atoms with Crippen LogP contribution in [0.5, 0.6) is 5.75 Å². The van der Waals surface area contributed by atoms with Crippen molar-refractivity contribution in [2.75, 3.05) is 0 Å². The van der Waals surface area contributed by atoms with Crippen LogP contribution in [0.15, 0.2) is 54.7 Å². The molecule has 0 fully saturated rings. The number of H-pyrrole nitrogens is 1. The lowest BCUT2D eigenvalue weighted by Gasteiger charge is -2.25. The molecular formula is C25H30N4O5. The maximum Gasteiger partial charge on any atom is 0.326 e. The van der Waals surface area contributed by atoms with Gasteiger partial charge >= 0.3 is 5.97 Å². The highest BCUT2D eigenvalue weighted by atomic mass is 16.4. The Kier molecular flexibility index (Phi) is 7.91. The molecule has 0 spiro atoms. The number of benzene rings is 2. The van der Waals surface area contributed by atoms with E-state index in [0.29, 0.717) is 0 Å². The van der Waals surface area contributed by atoms with Crippen LogP contribution >= 0.6 is 0 Å². The summed E-state index contributed by atoms with van der Waals surface area (Å²) in [5.41, 5.74) is 8.43. The molecule has 9 heteroatoms. The minimum absolute atomic E-state index is 0.0875. The number of nitrogens with one attached hydrogen (secondary N) is 3. The molecule has 0 unspecified atom stereocenters. The van der Waals surface area contributed by atoms with Gasteiger partial charge in [0.1, 0.15) is 17.8 Å². The Morgan fingerprint density at radius 1 is 0.971 bits per heavy atom. The number of aromatic hydroxyl groups is 1. The number of carbonyl (C=O) groups is 3.